The van der Waals surface area contributed by atoms with Crippen LogP contribution in [0.2, 0.25) is 0 Å². The molecule has 3 aliphatic rings. The second kappa shape index (κ2) is 8.37. The minimum absolute atomic E-state index is 0.0456. The first-order chi connectivity index (χ1) is 17.2. The molecule has 0 spiro atoms. The van der Waals surface area contributed by atoms with Gasteiger partial charge < -0.3 is 25.8 Å². The summed E-state index contributed by atoms with van der Waals surface area (Å²) in [5.74, 6) is -5.40. The van der Waals surface area contributed by atoms with Crippen LogP contribution < -0.4 is 10.5 Å². The first-order valence-electron chi connectivity index (χ1n) is 11.4. The molecule has 1 unspecified atom stereocenters. The zero-order chi connectivity index (χ0) is 25.9. The number of allylic oxidation sites excluding steroid dienone is 2. The van der Waals surface area contributed by atoms with Gasteiger partial charge in [0, 0.05) is 12.0 Å². The van der Waals surface area contributed by atoms with Gasteiger partial charge >= 0.3 is 0 Å². The highest BCUT2D eigenvalue weighted by Gasteiger charge is 2.51. The van der Waals surface area contributed by atoms with Crippen LogP contribution in [0.1, 0.15) is 34.3 Å². The van der Waals surface area contributed by atoms with Crippen LogP contribution in [0.5, 0.6) is 11.5 Å². The van der Waals surface area contributed by atoms with Gasteiger partial charge in [0.15, 0.2) is 17.9 Å². The highest BCUT2D eigenvalue weighted by Crippen LogP contribution is 2.51. The number of amides is 1. The Kier molecular flexibility index (Phi) is 5.43. The molecule has 0 heterocycles. The van der Waals surface area contributed by atoms with Crippen LogP contribution in [-0.4, -0.2) is 46.2 Å². The Morgan fingerprint density at radius 2 is 1.86 bits per heavy atom. The number of hydrogen-bond donors (Lipinski definition) is 4. The Balaban J connectivity index is 1.66. The number of benzene rings is 2. The topological polar surface area (TPSA) is 164 Å². The number of primary amides is 1. The molecule has 0 saturated heterocycles. The summed E-state index contributed by atoms with van der Waals surface area (Å²) in [6, 6.07) is 8.12. The van der Waals surface area contributed by atoms with E-state index < -0.39 is 52.3 Å². The first kappa shape index (κ1) is 23.3. The maximum Gasteiger partial charge on any atom is 0.255 e. The minimum atomic E-state index is -1.16. The lowest BCUT2D eigenvalue weighted by Gasteiger charge is -2.41. The lowest BCUT2D eigenvalue weighted by atomic mass is 9.61. The van der Waals surface area contributed by atoms with E-state index in [-0.39, 0.29) is 29.7 Å². The number of aliphatic hydroxyl groups is 2. The fraction of sp³-hybridized carbons (Fsp3) is 0.259. The van der Waals surface area contributed by atoms with Gasteiger partial charge in [0.2, 0.25) is 0 Å². The molecule has 3 aliphatic carbocycles. The Hall–Kier alpha value is -4.40. The number of carbonyl (C=O) groups excluding carboxylic acids is 4. The van der Waals surface area contributed by atoms with Crippen molar-refractivity contribution in [2.45, 2.75) is 19.3 Å². The largest absolute Gasteiger partial charge is 0.511 e. The van der Waals surface area contributed by atoms with Gasteiger partial charge in [-0.25, -0.2) is 0 Å². The van der Waals surface area contributed by atoms with Crippen molar-refractivity contribution in [3.63, 3.8) is 0 Å². The lowest BCUT2D eigenvalue weighted by Crippen LogP contribution is -2.44. The lowest BCUT2D eigenvalue weighted by molar-refractivity contribution is -0.127. The SMILES string of the molecule is COc1ccc(-c2ccc(O)c3c2C[C@H]2C[C@H]4CC(=O)C(C(N)=O)=C(O)C4C(=O)C2=C3O)cc1C=O. The molecule has 0 bridgehead atoms. The molecule has 2 aromatic rings. The Labute approximate surface area is 205 Å². The molecule has 5 rings (SSSR count). The second-order valence-electron chi connectivity index (χ2n) is 9.31. The molecule has 2 aromatic carbocycles. The third-order valence-corrected chi connectivity index (χ3v) is 7.44. The maximum atomic E-state index is 13.5. The van der Waals surface area contributed by atoms with Crippen LogP contribution in [0.3, 0.4) is 0 Å². The van der Waals surface area contributed by atoms with Crippen LogP contribution in [0, 0.1) is 17.8 Å². The molecule has 0 radical (unpaired) electrons. The van der Waals surface area contributed by atoms with Crippen LogP contribution in [0.25, 0.3) is 16.9 Å². The first-order valence-corrected chi connectivity index (χ1v) is 11.4. The predicted molar refractivity (Wildman–Crippen MR) is 127 cm³/mol. The number of ketones is 2. The number of nitrogens with two attached hydrogens (primary N) is 1. The number of methoxy groups -OCH3 is 1. The van der Waals surface area contributed by atoms with Crippen molar-refractivity contribution in [1.82, 2.24) is 0 Å². The van der Waals surface area contributed by atoms with E-state index in [1.165, 1.54) is 13.2 Å². The number of hydrogen-bond acceptors (Lipinski definition) is 8. The van der Waals surface area contributed by atoms with E-state index >= 15 is 0 Å². The van der Waals surface area contributed by atoms with Gasteiger partial charge in [0.05, 0.1) is 24.2 Å². The van der Waals surface area contributed by atoms with Gasteiger partial charge in [-0.2, -0.15) is 0 Å². The average Bonchev–Trinajstić information content (AvgIpc) is 2.83. The molecule has 3 atom stereocenters. The van der Waals surface area contributed by atoms with Crippen LogP contribution in [-0.2, 0) is 20.8 Å². The Bertz CT molecular complexity index is 1430. The van der Waals surface area contributed by atoms with E-state index in [4.69, 9.17) is 10.5 Å². The summed E-state index contributed by atoms with van der Waals surface area (Å²) in [5, 5.41) is 32.5. The van der Waals surface area contributed by atoms with Crippen molar-refractivity contribution < 1.29 is 39.2 Å². The highest BCUT2D eigenvalue weighted by molar-refractivity contribution is 6.21. The maximum absolute atomic E-state index is 13.5. The summed E-state index contributed by atoms with van der Waals surface area (Å²) in [6.07, 6.45) is 1.13. The number of ether oxygens (including phenoxy) is 1. The number of aliphatic hydroxyl groups excluding tert-OH is 2. The third kappa shape index (κ3) is 3.30. The van der Waals surface area contributed by atoms with Crippen LogP contribution in [0.15, 0.2) is 47.2 Å². The Morgan fingerprint density at radius 3 is 2.53 bits per heavy atom. The number of Topliss-reactive ketones (excluding diaryl/α,β-unsaturated/α-hetero) is 2. The quantitative estimate of drug-likeness (QED) is 0.376. The number of carbonyl (C=O) groups is 4. The van der Waals surface area contributed by atoms with E-state index in [0.29, 0.717) is 40.7 Å². The Morgan fingerprint density at radius 1 is 1.11 bits per heavy atom. The van der Waals surface area contributed by atoms with Gasteiger partial charge in [-0.05, 0) is 59.6 Å². The number of rotatable bonds is 4. The zero-order valence-electron chi connectivity index (χ0n) is 19.3. The number of aromatic hydroxyl groups is 1. The van der Waals surface area contributed by atoms with Crippen molar-refractivity contribution >= 4 is 29.5 Å². The number of aldehydes is 1. The van der Waals surface area contributed by atoms with Crippen molar-refractivity contribution in [2.75, 3.05) is 7.11 Å². The molecular formula is C27H23NO8. The van der Waals surface area contributed by atoms with E-state index in [2.05, 4.69) is 0 Å². The molecule has 0 aromatic heterocycles. The fourth-order valence-electron chi connectivity index (χ4n) is 5.91. The van der Waals surface area contributed by atoms with Gasteiger partial charge in [-0.1, -0.05) is 12.1 Å². The molecule has 5 N–H and O–H groups in total. The standard InChI is InChI=1S/C27H23NO8/c1-36-19-5-2-11(6-14(19)10-29)15-3-4-17(30)22-16(15)8-12-7-13-9-18(31)23(27(28)35)26(34)21(13)24(32)20(12)25(22)33/h2-6,10,12-13,21,30,33-34H,7-9H2,1H3,(H2,28,35)/t12-,13+,21?/m1/s1. The van der Waals surface area contributed by atoms with Gasteiger partial charge in [-0.15, -0.1) is 0 Å². The molecule has 0 aliphatic heterocycles. The van der Waals surface area contributed by atoms with Crippen LogP contribution >= 0.6 is 0 Å². The van der Waals surface area contributed by atoms with Gasteiger partial charge in [0.1, 0.15) is 28.6 Å². The predicted octanol–water partition coefficient (Wildman–Crippen LogP) is 2.80. The van der Waals surface area contributed by atoms with E-state index in [1.54, 1.807) is 24.3 Å². The molecule has 1 fully saturated rings. The summed E-state index contributed by atoms with van der Waals surface area (Å²) in [7, 11) is 1.46. The summed E-state index contributed by atoms with van der Waals surface area (Å²) >= 11 is 0. The summed E-state index contributed by atoms with van der Waals surface area (Å²) in [5.41, 5.74) is 7.06. The number of phenolic OH excluding ortho intramolecular Hbond substituents is 1. The highest BCUT2D eigenvalue weighted by atomic mass is 16.5. The van der Waals surface area contributed by atoms with Gasteiger partial charge in [0.25, 0.3) is 5.91 Å². The molecule has 1 amide bonds. The van der Waals surface area contributed by atoms with Crippen molar-refractivity contribution in [3.8, 4) is 22.6 Å². The molecule has 9 heteroatoms. The molecule has 184 valence electrons. The molecule has 9 nitrogen and oxygen atoms in total. The summed E-state index contributed by atoms with van der Waals surface area (Å²) in [4.78, 5) is 49.2. The summed E-state index contributed by atoms with van der Waals surface area (Å²) in [6.45, 7) is 0. The van der Waals surface area contributed by atoms with Crippen molar-refractivity contribution in [1.29, 1.82) is 0 Å². The third-order valence-electron chi connectivity index (χ3n) is 7.44. The smallest absolute Gasteiger partial charge is 0.255 e. The van der Waals surface area contributed by atoms with Crippen LogP contribution in [0.4, 0.5) is 0 Å². The van der Waals surface area contributed by atoms with Crippen molar-refractivity contribution in [2.24, 2.45) is 23.5 Å². The summed E-state index contributed by atoms with van der Waals surface area (Å²) < 4.78 is 5.21. The number of phenols is 1. The van der Waals surface area contributed by atoms with E-state index in [1.807, 2.05) is 0 Å². The fourth-order valence-corrected chi connectivity index (χ4v) is 5.91. The average molecular weight is 489 g/mol. The molecule has 36 heavy (non-hydrogen) atoms. The van der Waals surface area contributed by atoms with Crippen molar-refractivity contribution in [3.05, 3.63) is 63.9 Å². The zero-order valence-corrected chi connectivity index (χ0v) is 19.3. The van der Waals surface area contributed by atoms with Gasteiger partial charge in [-0.3, -0.25) is 19.2 Å². The molecule has 1 saturated carbocycles. The number of fused-ring (bicyclic) bond motifs is 3. The minimum Gasteiger partial charge on any atom is -0.511 e. The monoisotopic (exact) mass is 489 g/mol. The van der Waals surface area contributed by atoms with E-state index in [9.17, 15) is 34.5 Å². The van der Waals surface area contributed by atoms with E-state index in [0.717, 1.165) is 0 Å². The second-order valence-corrected chi connectivity index (χ2v) is 9.31. The molecular weight excluding hydrogens is 466 g/mol. The normalized spacial score (nSPS) is 23.1.